The largest absolute Gasteiger partial charge is 0.494 e. The zero-order valence-electron chi connectivity index (χ0n) is 17.1. The van der Waals surface area contributed by atoms with Crippen molar-refractivity contribution in [3.63, 3.8) is 0 Å². The Morgan fingerprint density at radius 3 is 2.63 bits per heavy atom. The summed E-state index contributed by atoms with van der Waals surface area (Å²) in [6.07, 6.45) is 0.552. The average Bonchev–Trinajstić information content (AvgIpc) is 3.45. The molecule has 1 aromatic heterocycles. The number of para-hydroxylation sites is 1. The van der Waals surface area contributed by atoms with Gasteiger partial charge in [0.1, 0.15) is 5.75 Å². The van der Waals surface area contributed by atoms with Crippen molar-refractivity contribution in [2.45, 2.75) is 32.5 Å². The van der Waals surface area contributed by atoms with E-state index in [0.717, 1.165) is 46.1 Å². The summed E-state index contributed by atoms with van der Waals surface area (Å²) in [6, 6.07) is 16.5. The maximum Gasteiger partial charge on any atom is 0.214 e. The minimum atomic E-state index is -0.268. The Hall–Kier alpha value is -2.99. The van der Waals surface area contributed by atoms with Crippen LogP contribution in [0.25, 0.3) is 0 Å². The van der Waals surface area contributed by atoms with Gasteiger partial charge < -0.3 is 14.2 Å². The van der Waals surface area contributed by atoms with E-state index >= 15 is 0 Å². The molecule has 0 unspecified atom stereocenters. The van der Waals surface area contributed by atoms with Crippen LogP contribution in [0.4, 0.5) is 0 Å². The Bertz CT molecular complexity index is 1050. The van der Waals surface area contributed by atoms with Crippen LogP contribution in [0.1, 0.15) is 49.2 Å². The van der Waals surface area contributed by atoms with Gasteiger partial charge in [-0.2, -0.15) is 16.4 Å². The minimum Gasteiger partial charge on any atom is -0.494 e. The lowest BCUT2D eigenvalue weighted by atomic mass is 9.95. The molecule has 0 bridgehead atoms. The summed E-state index contributed by atoms with van der Waals surface area (Å²) in [5.74, 6) is 2.51. The number of thiophene rings is 1. The molecule has 0 aliphatic carbocycles. The van der Waals surface area contributed by atoms with Crippen LogP contribution >= 0.6 is 11.3 Å². The summed E-state index contributed by atoms with van der Waals surface area (Å²) in [4.78, 5) is 0. The lowest BCUT2D eigenvalue weighted by molar-refractivity contribution is -0.0209. The van der Waals surface area contributed by atoms with Gasteiger partial charge in [0.15, 0.2) is 11.5 Å². The highest BCUT2D eigenvalue weighted by Gasteiger charge is 2.42. The molecule has 0 amide bonds. The van der Waals surface area contributed by atoms with Crippen LogP contribution in [0.5, 0.6) is 17.2 Å². The maximum atomic E-state index is 6.49. The molecule has 0 saturated carbocycles. The SMILES string of the molecule is CCOc1ccc(C2=NN3[C@H](C2)c2cccc(OCC)c2O[C@H]3c2ccsc2)cc1. The van der Waals surface area contributed by atoms with Crippen LogP contribution in [0.15, 0.2) is 64.4 Å². The fourth-order valence-electron chi connectivity index (χ4n) is 4.07. The van der Waals surface area contributed by atoms with Crippen molar-refractivity contribution in [1.82, 2.24) is 5.01 Å². The predicted molar refractivity (Wildman–Crippen MR) is 119 cm³/mol. The van der Waals surface area contributed by atoms with Crippen molar-refractivity contribution in [3.8, 4) is 17.2 Å². The second-order valence-electron chi connectivity index (χ2n) is 7.24. The van der Waals surface area contributed by atoms with Crippen molar-refractivity contribution >= 4 is 17.0 Å². The lowest BCUT2D eigenvalue weighted by Crippen LogP contribution is -2.33. The Kier molecular flexibility index (Phi) is 5.09. The first-order valence-electron chi connectivity index (χ1n) is 10.3. The zero-order chi connectivity index (χ0) is 20.5. The van der Waals surface area contributed by atoms with Gasteiger partial charge in [-0.3, -0.25) is 0 Å². The molecule has 0 spiro atoms. The molecule has 5 nitrogen and oxygen atoms in total. The first-order chi connectivity index (χ1) is 14.8. The molecular formula is C24H24N2O3S. The van der Waals surface area contributed by atoms with Gasteiger partial charge in [0.2, 0.25) is 6.23 Å². The fourth-order valence-corrected chi connectivity index (χ4v) is 4.74. The standard InChI is InChI=1S/C24H24N2O3S/c1-3-27-18-10-8-16(9-11-18)20-14-21-19-6-5-7-22(28-4-2)23(19)29-24(26(21)25-20)17-12-13-30-15-17/h5-13,15,21,24H,3-4,14H2,1-2H3/t21-,24+/m1/s1. The van der Waals surface area contributed by atoms with Gasteiger partial charge in [-0.25, -0.2) is 5.01 Å². The summed E-state index contributed by atoms with van der Waals surface area (Å²) in [6.45, 7) is 5.25. The highest BCUT2D eigenvalue weighted by molar-refractivity contribution is 7.07. The van der Waals surface area contributed by atoms with E-state index in [-0.39, 0.29) is 12.3 Å². The molecule has 2 aliphatic rings. The monoisotopic (exact) mass is 420 g/mol. The quantitative estimate of drug-likeness (QED) is 0.506. The molecule has 6 heteroatoms. The van der Waals surface area contributed by atoms with Gasteiger partial charge in [-0.15, -0.1) is 0 Å². The van der Waals surface area contributed by atoms with Crippen LogP contribution in [-0.2, 0) is 0 Å². The summed E-state index contributed by atoms with van der Waals surface area (Å²) in [5.41, 5.74) is 4.40. The van der Waals surface area contributed by atoms with E-state index in [4.69, 9.17) is 19.3 Å². The fraction of sp³-hybridized carbons (Fsp3) is 0.292. The first kappa shape index (κ1) is 19.0. The third kappa shape index (κ3) is 3.31. The van der Waals surface area contributed by atoms with Gasteiger partial charge in [0, 0.05) is 17.5 Å². The third-order valence-corrected chi connectivity index (χ3v) is 6.11. The second-order valence-corrected chi connectivity index (χ2v) is 8.02. The van der Waals surface area contributed by atoms with Gasteiger partial charge in [0.25, 0.3) is 0 Å². The predicted octanol–water partition coefficient (Wildman–Crippen LogP) is 5.79. The van der Waals surface area contributed by atoms with E-state index in [9.17, 15) is 0 Å². The molecule has 3 heterocycles. The number of fused-ring (bicyclic) bond motifs is 3. The molecule has 154 valence electrons. The second kappa shape index (κ2) is 8.03. The maximum absolute atomic E-state index is 6.49. The smallest absolute Gasteiger partial charge is 0.214 e. The van der Waals surface area contributed by atoms with Crippen LogP contribution < -0.4 is 14.2 Å². The molecule has 0 N–H and O–H groups in total. The van der Waals surface area contributed by atoms with E-state index in [1.165, 1.54) is 0 Å². The zero-order valence-corrected chi connectivity index (χ0v) is 17.9. The van der Waals surface area contributed by atoms with E-state index < -0.39 is 0 Å². The summed E-state index contributed by atoms with van der Waals surface area (Å²) in [5, 5.41) is 11.3. The average molecular weight is 421 g/mol. The molecule has 0 saturated heterocycles. The normalized spacial score (nSPS) is 19.5. The number of hydrazone groups is 1. The Balaban J connectivity index is 1.54. The van der Waals surface area contributed by atoms with E-state index in [0.29, 0.717) is 13.2 Å². The molecule has 2 aliphatic heterocycles. The van der Waals surface area contributed by atoms with Crippen LogP contribution in [0.3, 0.4) is 0 Å². The van der Waals surface area contributed by atoms with E-state index in [1.54, 1.807) is 11.3 Å². The van der Waals surface area contributed by atoms with E-state index in [1.807, 2.05) is 38.1 Å². The van der Waals surface area contributed by atoms with E-state index in [2.05, 4.69) is 40.0 Å². The van der Waals surface area contributed by atoms with Crippen molar-refractivity contribution in [1.29, 1.82) is 0 Å². The molecule has 2 aromatic carbocycles. The highest BCUT2D eigenvalue weighted by atomic mass is 32.1. The Labute approximate surface area is 180 Å². The van der Waals surface area contributed by atoms with Crippen molar-refractivity contribution in [2.24, 2.45) is 5.10 Å². The number of hydrogen-bond acceptors (Lipinski definition) is 6. The topological polar surface area (TPSA) is 43.3 Å². The number of nitrogens with zero attached hydrogens (tertiary/aromatic N) is 2. The minimum absolute atomic E-state index is 0.112. The number of hydrogen-bond donors (Lipinski definition) is 0. The van der Waals surface area contributed by atoms with Crippen molar-refractivity contribution < 1.29 is 14.2 Å². The van der Waals surface area contributed by atoms with Gasteiger partial charge in [-0.1, -0.05) is 12.1 Å². The molecular weight excluding hydrogens is 396 g/mol. The summed E-state index contributed by atoms with van der Waals surface area (Å²) >= 11 is 1.67. The molecule has 5 rings (SSSR count). The lowest BCUT2D eigenvalue weighted by Gasteiger charge is -2.38. The van der Waals surface area contributed by atoms with Gasteiger partial charge in [0.05, 0.1) is 25.0 Å². The van der Waals surface area contributed by atoms with Crippen LogP contribution in [-0.4, -0.2) is 23.9 Å². The molecule has 2 atom stereocenters. The van der Waals surface area contributed by atoms with Crippen LogP contribution in [0, 0.1) is 0 Å². The van der Waals surface area contributed by atoms with Gasteiger partial charge >= 0.3 is 0 Å². The summed E-state index contributed by atoms with van der Waals surface area (Å²) in [7, 11) is 0. The number of rotatable bonds is 6. The van der Waals surface area contributed by atoms with Gasteiger partial charge in [-0.05, 0) is 66.6 Å². The first-order valence-corrected chi connectivity index (χ1v) is 11.3. The molecule has 0 fully saturated rings. The number of ether oxygens (including phenoxy) is 3. The third-order valence-electron chi connectivity index (χ3n) is 5.41. The molecule has 30 heavy (non-hydrogen) atoms. The summed E-state index contributed by atoms with van der Waals surface area (Å²) < 4.78 is 17.9. The highest BCUT2D eigenvalue weighted by Crippen LogP contribution is 2.50. The van der Waals surface area contributed by atoms with Crippen molar-refractivity contribution in [2.75, 3.05) is 13.2 Å². The molecule has 0 radical (unpaired) electrons. The Morgan fingerprint density at radius 2 is 1.90 bits per heavy atom. The van der Waals surface area contributed by atoms with Crippen LogP contribution in [0.2, 0.25) is 0 Å². The van der Waals surface area contributed by atoms with Crippen molar-refractivity contribution in [3.05, 3.63) is 76.0 Å². The molecule has 3 aromatic rings. The Morgan fingerprint density at radius 1 is 1.07 bits per heavy atom. The number of benzene rings is 2.